The van der Waals surface area contributed by atoms with Crippen LogP contribution in [-0.2, 0) is 6.54 Å². The fraction of sp³-hybridized carbons (Fsp3) is 0.231. The van der Waals surface area contributed by atoms with E-state index >= 15 is 0 Å². The Morgan fingerprint density at radius 2 is 1.84 bits per heavy atom. The van der Waals surface area contributed by atoms with Gasteiger partial charge in [-0.25, -0.2) is 15.8 Å². The number of nitrogen functional groups attached to an aromatic ring is 1. The van der Waals surface area contributed by atoms with E-state index in [0.717, 1.165) is 17.1 Å². The molecule has 0 saturated heterocycles. The molecule has 0 bridgehead atoms. The summed E-state index contributed by atoms with van der Waals surface area (Å²) in [6.45, 7) is 2.49. The average molecular weight is 259 g/mol. The Morgan fingerprint density at radius 1 is 1.16 bits per heavy atom. The van der Waals surface area contributed by atoms with Crippen molar-refractivity contribution in [3.8, 4) is 5.75 Å². The molecule has 1 aromatic heterocycles. The molecular weight excluding hydrogens is 242 g/mol. The average Bonchev–Trinajstić information content (AvgIpc) is 2.45. The first-order valence-electron chi connectivity index (χ1n) is 5.90. The lowest BCUT2D eigenvalue weighted by Gasteiger charge is -2.08. The molecule has 0 aliphatic heterocycles. The van der Waals surface area contributed by atoms with E-state index in [1.54, 1.807) is 13.2 Å². The molecule has 0 atom stereocenters. The maximum Gasteiger partial charge on any atom is 0.145 e. The predicted molar refractivity (Wildman–Crippen MR) is 74.9 cm³/mol. The topological polar surface area (TPSA) is 85.1 Å². The van der Waals surface area contributed by atoms with Gasteiger partial charge in [-0.15, -0.1) is 0 Å². The Labute approximate surface area is 112 Å². The van der Waals surface area contributed by atoms with Crippen molar-refractivity contribution in [3.05, 3.63) is 41.7 Å². The van der Waals surface area contributed by atoms with Gasteiger partial charge in [-0.3, -0.25) is 0 Å². The van der Waals surface area contributed by atoms with Gasteiger partial charge in [-0.2, -0.15) is 0 Å². The van der Waals surface area contributed by atoms with Crippen molar-refractivity contribution in [2.45, 2.75) is 13.5 Å². The molecule has 19 heavy (non-hydrogen) atoms. The van der Waals surface area contributed by atoms with Crippen LogP contribution in [-0.4, -0.2) is 17.1 Å². The van der Waals surface area contributed by atoms with E-state index in [1.165, 1.54) is 0 Å². The molecule has 0 unspecified atom stereocenters. The first kappa shape index (κ1) is 13.1. The van der Waals surface area contributed by atoms with Crippen molar-refractivity contribution in [1.82, 2.24) is 9.97 Å². The van der Waals surface area contributed by atoms with Crippen LogP contribution in [0.5, 0.6) is 5.75 Å². The Balaban J connectivity index is 2.03. The largest absolute Gasteiger partial charge is 0.497 e. The summed E-state index contributed by atoms with van der Waals surface area (Å²) in [4.78, 5) is 8.41. The third-order valence-corrected chi connectivity index (χ3v) is 2.62. The zero-order valence-electron chi connectivity index (χ0n) is 11.0. The van der Waals surface area contributed by atoms with Gasteiger partial charge >= 0.3 is 0 Å². The van der Waals surface area contributed by atoms with E-state index in [-0.39, 0.29) is 0 Å². The van der Waals surface area contributed by atoms with Crippen LogP contribution in [0.2, 0.25) is 0 Å². The number of methoxy groups -OCH3 is 1. The quantitative estimate of drug-likeness (QED) is 0.559. The van der Waals surface area contributed by atoms with Gasteiger partial charge in [0.1, 0.15) is 23.2 Å². The second-order valence-corrected chi connectivity index (χ2v) is 4.03. The van der Waals surface area contributed by atoms with Gasteiger partial charge in [0.05, 0.1) is 7.11 Å². The molecule has 1 heterocycles. The number of nitrogens with two attached hydrogens (primary N) is 1. The molecule has 0 fully saturated rings. The van der Waals surface area contributed by atoms with Crippen molar-refractivity contribution >= 4 is 11.6 Å². The summed E-state index contributed by atoms with van der Waals surface area (Å²) in [5, 5.41) is 3.23. The minimum Gasteiger partial charge on any atom is -0.497 e. The van der Waals surface area contributed by atoms with Gasteiger partial charge in [-0.05, 0) is 24.6 Å². The Kier molecular flexibility index (Phi) is 4.15. The van der Waals surface area contributed by atoms with Crippen molar-refractivity contribution < 1.29 is 4.74 Å². The van der Waals surface area contributed by atoms with Crippen LogP contribution < -0.4 is 21.3 Å². The fourth-order valence-electron chi connectivity index (χ4n) is 1.67. The van der Waals surface area contributed by atoms with Crippen LogP contribution in [0.15, 0.2) is 30.3 Å². The summed E-state index contributed by atoms with van der Waals surface area (Å²) in [6.07, 6.45) is 0. The van der Waals surface area contributed by atoms with Crippen LogP contribution in [0.4, 0.5) is 11.6 Å². The second kappa shape index (κ2) is 6.01. The van der Waals surface area contributed by atoms with Crippen molar-refractivity contribution in [2.75, 3.05) is 17.9 Å². The number of hydrogen-bond acceptors (Lipinski definition) is 6. The molecule has 0 amide bonds. The highest BCUT2D eigenvalue weighted by molar-refractivity contribution is 5.47. The number of anilines is 2. The molecule has 0 spiro atoms. The number of aryl methyl sites for hydroxylation is 1. The van der Waals surface area contributed by atoms with Gasteiger partial charge in [0, 0.05) is 12.6 Å². The number of ether oxygens (including phenoxy) is 1. The summed E-state index contributed by atoms with van der Waals surface area (Å²) in [6, 6.07) is 9.62. The highest BCUT2D eigenvalue weighted by Crippen LogP contribution is 2.14. The fourth-order valence-corrected chi connectivity index (χ4v) is 1.67. The van der Waals surface area contributed by atoms with Crippen LogP contribution in [0.25, 0.3) is 0 Å². The molecule has 4 N–H and O–H groups in total. The normalized spacial score (nSPS) is 10.1. The zero-order chi connectivity index (χ0) is 13.7. The monoisotopic (exact) mass is 259 g/mol. The predicted octanol–water partition coefficient (Wildman–Crippen LogP) is 1.69. The Morgan fingerprint density at radius 3 is 2.47 bits per heavy atom. The highest BCUT2D eigenvalue weighted by atomic mass is 16.5. The van der Waals surface area contributed by atoms with Crippen LogP contribution >= 0.6 is 0 Å². The lowest BCUT2D eigenvalue weighted by molar-refractivity contribution is 0.414. The molecular formula is C13H17N5O. The molecule has 0 aliphatic carbocycles. The number of hydrogen-bond donors (Lipinski definition) is 3. The van der Waals surface area contributed by atoms with Crippen molar-refractivity contribution in [1.29, 1.82) is 0 Å². The van der Waals surface area contributed by atoms with Gasteiger partial charge in [0.15, 0.2) is 0 Å². The van der Waals surface area contributed by atoms with E-state index in [2.05, 4.69) is 20.7 Å². The maximum absolute atomic E-state index is 5.34. The van der Waals surface area contributed by atoms with E-state index in [9.17, 15) is 0 Å². The molecule has 0 radical (unpaired) electrons. The standard InChI is InChI=1S/C13H17N5O/c1-9-16-12(7-13(17-9)18-14)15-8-10-3-5-11(19-2)6-4-10/h3-7H,8,14H2,1-2H3,(H2,15,16,17,18). The maximum atomic E-state index is 5.34. The van der Waals surface area contributed by atoms with E-state index in [1.807, 2.05) is 31.2 Å². The number of nitrogens with zero attached hydrogens (tertiary/aromatic N) is 2. The summed E-state index contributed by atoms with van der Waals surface area (Å²) >= 11 is 0. The Bertz CT molecular complexity index is 541. The minimum atomic E-state index is 0.588. The van der Waals surface area contributed by atoms with E-state index in [0.29, 0.717) is 18.2 Å². The van der Waals surface area contributed by atoms with Crippen molar-refractivity contribution in [3.63, 3.8) is 0 Å². The van der Waals surface area contributed by atoms with Gasteiger partial charge in [-0.1, -0.05) is 12.1 Å². The number of aromatic nitrogens is 2. The molecule has 6 heteroatoms. The number of nitrogens with one attached hydrogen (secondary N) is 2. The summed E-state index contributed by atoms with van der Waals surface area (Å²) < 4.78 is 5.11. The van der Waals surface area contributed by atoms with E-state index in [4.69, 9.17) is 10.6 Å². The molecule has 2 aromatic rings. The smallest absolute Gasteiger partial charge is 0.145 e. The highest BCUT2D eigenvalue weighted by Gasteiger charge is 2.01. The molecule has 0 aliphatic rings. The lowest BCUT2D eigenvalue weighted by Crippen LogP contribution is -2.11. The third-order valence-electron chi connectivity index (χ3n) is 2.62. The van der Waals surface area contributed by atoms with E-state index < -0.39 is 0 Å². The summed E-state index contributed by atoms with van der Waals surface area (Å²) in [5.41, 5.74) is 3.65. The Hall–Kier alpha value is -2.34. The molecule has 1 aromatic carbocycles. The number of rotatable bonds is 5. The summed E-state index contributed by atoms with van der Waals surface area (Å²) in [7, 11) is 1.65. The first-order valence-corrected chi connectivity index (χ1v) is 5.90. The van der Waals surface area contributed by atoms with Crippen molar-refractivity contribution in [2.24, 2.45) is 5.84 Å². The number of hydrazine groups is 1. The zero-order valence-corrected chi connectivity index (χ0v) is 11.0. The van der Waals surface area contributed by atoms with Gasteiger partial charge < -0.3 is 15.5 Å². The minimum absolute atomic E-state index is 0.588. The van der Waals surface area contributed by atoms with Gasteiger partial charge in [0.2, 0.25) is 0 Å². The lowest BCUT2D eigenvalue weighted by atomic mass is 10.2. The molecule has 2 rings (SSSR count). The number of benzene rings is 1. The van der Waals surface area contributed by atoms with Crippen LogP contribution in [0.1, 0.15) is 11.4 Å². The molecule has 100 valence electrons. The van der Waals surface area contributed by atoms with Crippen LogP contribution in [0.3, 0.4) is 0 Å². The molecule has 6 nitrogen and oxygen atoms in total. The second-order valence-electron chi connectivity index (χ2n) is 4.03. The summed E-state index contributed by atoms with van der Waals surface area (Å²) in [5.74, 6) is 8.17. The third kappa shape index (κ3) is 3.56. The van der Waals surface area contributed by atoms with Crippen LogP contribution in [0, 0.1) is 6.92 Å². The first-order chi connectivity index (χ1) is 9.21. The molecule has 0 saturated carbocycles. The SMILES string of the molecule is COc1ccc(CNc2cc(NN)nc(C)n2)cc1. The van der Waals surface area contributed by atoms with Gasteiger partial charge in [0.25, 0.3) is 0 Å².